The summed E-state index contributed by atoms with van der Waals surface area (Å²) in [6.07, 6.45) is 4.11. The van der Waals surface area contributed by atoms with Crippen molar-refractivity contribution >= 4 is 29.1 Å². The molecule has 1 unspecified atom stereocenters. The molecule has 1 N–H and O–H groups in total. The lowest BCUT2D eigenvalue weighted by Crippen LogP contribution is -2.20. The van der Waals surface area contributed by atoms with Crippen LogP contribution < -0.4 is 0 Å². The highest BCUT2D eigenvalue weighted by molar-refractivity contribution is 7.13. The van der Waals surface area contributed by atoms with Gasteiger partial charge in [-0.3, -0.25) is 9.59 Å². The molecule has 1 aromatic rings. The Labute approximate surface area is 138 Å². The quantitative estimate of drug-likeness (QED) is 0.808. The number of hydrogen-bond donors (Lipinski definition) is 1. The summed E-state index contributed by atoms with van der Waals surface area (Å²) in [5.74, 6) is -1.43. The van der Waals surface area contributed by atoms with E-state index in [9.17, 15) is 19.5 Å². The van der Waals surface area contributed by atoms with Crippen LogP contribution in [0.3, 0.4) is 0 Å². The van der Waals surface area contributed by atoms with Gasteiger partial charge in [0.25, 0.3) is 0 Å². The van der Waals surface area contributed by atoms with Crippen LogP contribution in [0, 0.1) is 5.92 Å². The van der Waals surface area contributed by atoms with Crippen LogP contribution in [0.5, 0.6) is 0 Å². The van der Waals surface area contributed by atoms with E-state index < -0.39 is 5.97 Å². The van der Waals surface area contributed by atoms with E-state index in [2.05, 4.69) is 0 Å². The van der Waals surface area contributed by atoms with E-state index in [1.54, 1.807) is 6.92 Å². The molecule has 0 radical (unpaired) electrons. The molecule has 2 aliphatic carbocycles. The molecule has 124 valence electrons. The SMILES string of the molecule is CCOC(=O)C1CCCc2c1sc(CC(=O)C1CC1)c2C(=O)O. The van der Waals surface area contributed by atoms with E-state index in [1.165, 1.54) is 11.3 Å². The van der Waals surface area contributed by atoms with Gasteiger partial charge in [0.2, 0.25) is 0 Å². The summed E-state index contributed by atoms with van der Waals surface area (Å²) < 4.78 is 5.13. The molecule has 1 fully saturated rings. The van der Waals surface area contributed by atoms with Crippen molar-refractivity contribution in [3.63, 3.8) is 0 Å². The number of carboxylic acid groups (broad SMARTS) is 1. The summed E-state index contributed by atoms with van der Waals surface area (Å²) in [6.45, 7) is 2.08. The Morgan fingerprint density at radius 3 is 2.61 bits per heavy atom. The maximum atomic E-state index is 12.2. The Morgan fingerprint density at radius 2 is 2.00 bits per heavy atom. The minimum Gasteiger partial charge on any atom is -0.478 e. The molecule has 0 bridgehead atoms. The Bertz CT molecular complexity index is 656. The second-order valence-electron chi connectivity index (χ2n) is 6.16. The minimum atomic E-state index is -0.995. The number of Topliss-reactive ketones (excluding diaryl/α,β-unsaturated/α-hetero) is 1. The lowest BCUT2D eigenvalue weighted by Gasteiger charge is -2.20. The second kappa shape index (κ2) is 6.43. The third-order valence-corrected chi connectivity index (χ3v) is 5.85. The van der Waals surface area contributed by atoms with Gasteiger partial charge < -0.3 is 9.84 Å². The average molecular weight is 336 g/mol. The molecule has 1 aromatic heterocycles. The largest absolute Gasteiger partial charge is 0.478 e. The summed E-state index contributed by atoms with van der Waals surface area (Å²) in [5.41, 5.74) is 0.999. The van der Waals surface area contributed by atoms with Crippen LogP contribution in [0.15, 0.2) is 0 Å². The Hall–Kier alpha value is -1.69. The zero-order valence-corrected chi connectivity index (χ0v) is 13.9. The molecular formula is C17H20O5S. The minimum absolute atomic E-state index is 0.108. The van der Waals surface area contributed by atoms with Crippen molar-refractivity contribution in [3.8, 4) is 0 Å². The number of thiophene rings is 1. The lowest BCUT2D eigenvalue weighted by molar-refractivity contribution is -0.145. The molecule has 0 spiro atoms. The third kappa shape index (κ3) is 3.17. The maximum absolute atomic E-state index is 12.2. The number of ketones is 1. The number of aromatic carboxylic acids is 1. The van der Waals surface area contributed by atoms with Gasteiger partial charge in [0, 0.05) is 22.1 Å². The maximum Gasteiger partial charge on any atom is 0.337 e. The van der Waals surface area contributed by atoms with E-state index in [0.717, 1.165) is 29.7 Å². The van der Waals surface area contributed by atoms with Crippen LogP contribution >= 0.6 is 11.3 Å². The highest BCUT2D eigenvalue weighted by Crippen LogP contribution is 2.42. The first kappa shape index (κ1) is 16.2. The number of carbonyl (C=O) groups excluding carboxylic acids is 2. The highest BCUT2D eigenvalue weighted by Gasteiger charge is 2.36. The smallest absolute Gasteiger partial charge is 0.337 e. The summed E-state index contributed by atoms with van der Waals surface area (Å²) >= 11 is 1.32. The summed E-state index contributed by atoms with van der Waals surface area (Å²) in [6, 6.07) is 0. The van der Waals surface area contributed by atoms with Gasteiger partial charge in [0.1, 0.15) is 5.78 Å². The fourth-order valence-electron chi connectivity index (χ4n) is 3.23. The topological polar surface area (TPSA) is 80.7 Å². The number of ether oxygens (including phenoxy) is 1. The first-order chi connectivity index (χ1) is 11.0. The molecule has 1 saturated carbocycles. The van der Waals surface area contributed by atoms with Crippen molar-refractivity contribution in [2.45, 2.75) is 51.4 Å². The number of carboxylic acids is 1. The highest BCUT2D eigenvalue weighted by atomic mass is 32.1. The summed E-state index contributed by atoms with van der Waals surface area (Å²) in [7, 11) is 0. The normalized spacial score (nSPS) is 20.0. The number of carbonyl (C=O) groups is 3. The van der Waals surface area contributed by atoms with Crippen LogP contribution in [0.4, 0.5) is 0 Å². The van der Waals surface area contributed by atoms with Gasteiger partial charge in [0.15, 0.2) is 0 Å². The number of fused-ring (bicyclic) bond motifs is 1. The Kier molecular flexibility index (Phi) is 4.53. The van der Waals surface area contributed by atoms with Crippen molar-refractivity contribution in [1.82, 2.24) is 0 Å². The van der Waals surface area contributed by atoms with Crippen molar-refractivity contribution in [2.24, 2.45) is 5.92 Å². The molecule has 3 rings (SSSR count). The lowest BCUT2D eigenvalue weighted by atomic mass is 9.86. The van der Waals surface area contributed by atoms with E-state index in [1.807, 2.05) is 0 Å². The number of rotatable bonds is 6. The van der Waals surface area contributed by atoms with Crippen molar-refractivity contribution in [3.05, 3.63) is 20.9 Å². The van der Waals surface area contributed by atoms with Crippen LogP contribution in [0.1, 0.15) is 64.2 Å². The van der Waals surface area contributed by atoms with E-state index in [0.29, 0.717) is 24.3 Å². The van der Waals surface area contributed by atoms with Gasteiger partial charge in [0.05, 0.1) is 18.1 Å². The molecule has 23 heavy (non-hydrogen) atoms. The van der Waals surface area contributed by atoms with Gasteiger partial charge in [-0.2, -0.15) is 0 Å². The van der Waals surface area contributed by atoms with Gasteiger partial charge in [-0.1, -0.05) is 0 Å². The van der Waals surface area contributed by atoms with E-state index >= 15 is 0 Å². The van der Waals surface area contributed by atoms with E-state index in [-0.39, 0.29) is 35.6 Å². The summed E-state index contributed by atoms with van der Waals surface area (Å²) in [4.78, 5) is 37.4. The fourth-order valence-corrected chi connectivity index (χ4v) is 4.71. The second-order valence-corrected chi connectivity index (χ2v) is 7.30. The molecule has 1 heterocycles. The summed E-state index contributed by atoms with van der Waals surface area (Å²) in [5, 5.41) is 9.59. The van der Waals surface area contributed by atoms with Crippen LogP contribution in [0.2, 0.25) is 0 Å². The standard InChI is InChI=1S/C17H20O5S/c1-2-22-17(21)11-5-3-4-10-14(16(19)20)13(23-15(10)11)8-12(18)9-6-7-9/h9,11H,2-8H2,1H3,(H,19,20). The monoisotopic (exact) mass is 336 g/mol. The van der Waals surface area contributed by atoms with Crippen molar-refractivity contribution < 1.29 is 24.2 Å². The third-order valence-electron chi connectivity index (χ3n) is 4.50. The van der Waals surface area contributed by atoms with E-state index in [4.69, 9.17) is 4.74 Å². The molecule has 1 atom stereocenters. The zero-order chi connectivity index (χ0) is 16.6. The number of esters is 1. The molecule has 0 saturated heterocycles. The molecule has 0 aromatic carbocycles. The predicted molar refractivity (Wildman–Crippen MR) is 85.0 cm³/mol. The van der Waals surface area contributed by atoms with Crippen molar-refractivity contribution in [1.29, 1.82) is 0 Å². The zero-order valence-electron chi connectivity index (χ0n) is 13.1. The predicted octanol–water partition coefficient (Wildman–Crippen LogP) is 2.95. The van der Waals surface area contributed by atoms with Gasteiger partial charge >= 0.3 is 11.9 Å². The molecule has 6 heteroatoms. The molecular weight excluding hydrogens is 316 g/mol. The first-order valence-electron chi connectivity index (χ1n) is 8.10. The fraction of sp³-hybridized carbons (Fsp3) is 0.588. The van der Waals surface area contributed by atoms with Crippen LogP contribution in [-0.2, 0) is 27.2 Å². The molecule has 0 aliphatic heterocycles. The Morgan fingerprint density at radius 1 is 1.26 bits per heavy atom. The van der Waals surface area contributed by atoms with Crippen LogP contribution in [0.25, 0.3) is 0 Å². The number of hydrogen-bond acceptors (Lipinski definition) is 5. The average Bonchev–Trinajstić information content (AvgIpc) is 3.28. The molecule has 0 amide bonds. The Balaban J connectivity index is 1.96. The molecule has 2 aliphatic rings. The van der Waals surface area contributed by atoms with Crippen molar-refractivity contribution in [2.75, 3.05) is 6.61 Å². The first-order valence-corrected chi connectivity index (χ1v) is 8.91. The van der Waals surface area contributed by atoms with Gasteiger partial charge in [-0.25, -0.2) is 4.79 Å². The van der Waals surface area contributed by atoms with Gasteiger partial charge in [-0.05, 0) is 44.6 Å². The van der Waals surface area contributed by atoms with Gasteiger partial charge in [-0.15, -0.1) is 11.3 Å². The molecule has 5 nitrogen and oxygen atoms in total. The van der Waals surface area contributed by atoms with Crippen LogP contribution in [-0.4, -0.2) is 29.4 Å².